The van der Waals surface area contributed by atoms with Crippen molar-refractivity contribution in [2.24, 2.45) is 0 Å². The molecule has 21 heavy (non-hydrogen) atoms. The molecular weight excluding hydrogens is 292 g/mol. The molecule has 1 aliphatic heterocycles. The minimum atomic E-state index is -0.445. The summed E-state index contributed by atoms with van der Waals surface area (Å²) in [5, 5.41) is 0.693. The van der Waals surface area contributed by atoms with Crippen LogP contribution in [0, 0.1) is 6.92 Å². The van der Waals surface area contributed by atoms with Gasteiger partial charge in [-0.1, -0.05) is 11.6 Å². The summed E-state index contributed by atoms with van der Waals surface area (Å²) in [5.74, 6) is -0.159. The van der Waals surface area contributed by atoms with E-state index in [0.29, 0.717) is 43.6 Å². The van der Waals surface area contributed by atoms with Crippen molar-refractivity contribution in [1.29, 1.82) is 0 Å². The van der Waals surface area contributed by atoms with Gasteiger partial charge in [0.2, 0.25) is 0 Å². The lowest BCUT2D eigenvalue weighted by Gasteiger charge is -2.32. The predicted octanol–water partition coefficient (Wildman–Crippen LogP) is 1.72. The first kappa shape index (κ1) is 15.6. The van der Waals surface area contributed by atoms with Crippen LogP contribution >= 0.6 is 11.6 Å². The smallest absolute Gasteiger partial charge is 0.312 e. The molecule has 0 saturated carbocycles. The lowest BCUT2D eigenvalue weighted by Crippen LogP contribution is -2.54. The molecule has 6 heteroatoms. The molecule has 1 aromatic carbocycles. The second-order valence-electron chi connectivity index (χ2n) is 4.94. The highest BCUT2D eigenvalue weighted by Gasteiger charge is 2.31. The van der Waals surface area contributed by atoms with Gasteiger partial charge in [-0.25, -0.2) is 0 Å². The quantitative estimate of drug-likeness (QED) is 0.778. The molecule has 0 spiro atoms. The second-order valence-corrected chi connectivity index (χ2v) is 5.34. The number of carbonyl (C=O) groups is 2. The van der Waals surface area contributed by atoms with Gasteiger partial charge in [-0.05, 0) is 37.6 Å². The maximum atomic E-state index is 11.9. The number of halogens is 1. The van der Waals surface area contributed by atoms with Crippen LogP contribution in [0.25, 0.3) is 0 Å². The van der Waals surface area contributed by atoms with Crippen LogP contribution in [0.3, 0.4) is 0 Å². The maximum Gasteiger partial charge on any atom is 0.312 e. The van der Waals surface area contributed by atoms with Gasteiger partial charge in [-0.3, -0.25) is 9.59 Å². The van der Waals surface area contributed by atoms with E-state index < -0.39 is 11.8 Å². The lowest BCUT2D eigenvalue weighted by atomic mass is 10.2. The molecule has 1 fully saturated rings. The fraction of sp³-hybridized carbons (Fsp3) is 0.467. The number of rotatable bonds is 5. The van der Waals surface area contributed by atoms with Crippen LogP contribution in [-0.2, 0) is 9.59 Å². The molecule has 1 aliphatic rings. The molecule has 0 radical (unpaired) electrons. The van der Waals surface area contributed by atoms with Crippen LogP contribution in [0.1, 0.15) is 12.5 Å². The summed E-state index contributed by atoms with van der Waals surface area (Å²) in [4.78, 5) is 26.8. The fourth-order valence-electron chi connectivity index (χ4n) is 2.21. The maximum absolute atomic E-state index is 11.9. The molecule has 0 unspecified atom stereocenters. The van der Waals surface area contributed by atoms with Crippen LogP contribution in [0.15, 0.2) is 18.2 Å². The SMILES string of the molecule is CCN1CCN(CCOc2ccc(Cl)c(C)c2)C(=O)C1=O. The molecular formula is C15H19ClN2O3. The highest BCUT2D eigenvalue weighted by molar-refractivity contribution is 6.35. The molecule has 5 nitrogen and oxygen atoms in total. The topological polar surface area (TPSA) is 49.9 Å². The Morgan fingerprint density at radius 2 is 1.86 bits per heavy atom. The number of nitrogens with zero attached hydrogens (tertiary/aromatic N) is 2. The summed E-state index contributed by atoms with van der Waals surface area (Å²) in [5.41, 5.74) is 0.942. The Balaban J connectivity index is 1.85. The Labute approximate surface area is 129 Å². The van der Waals surface area contributed by atoms with Crippen LogP contribution in [0.2, 0.25) is 5.02 Å². The Kier molecular flexibility index (Phi) is 5.07. The summed E-state index contributed by atoms with van der Waals surface area (Å²) >= 11 is 5.95. The van der Waals surface area contributed by atoms with E-state index in [9.17, 15) is 9.59 Å². The first-order valence-electron chi connectivity index (χ1n) is 7.00. The molecule has 0 atom stereocenters. The monoisotopic (exact) mass is 310 g/mol. The average Bonchev–Trinajstić information content (AvgIpc) is 2.47. The van der Waals surface area contributed by atoms with Gasteiger partial charge in [0.05, 0.1) is 6.54 Å². The van der Waals surface area contributed by atoms with Gasteiger partial charge in [-0.15, -0.1) is 0 Å². The number of likely N-dealkylation sites (N-methyl/N-ethyl adjacent to an activating group) is 1. The van der Waals surface area contributed by atoms with Crippen molar-refractivity contribution in [3.8, 4) is 5.75 Å². The van der Waals surface area contributed by atoms with Gasteiger partial charge < -0.3 is 14.5 Å². The minimum Gasteiger partial charge on any atom is -0.492 e. The van der Waals surface area contributed by atoms with E-state index >= 15 is 0 Å². The third-order valence-electron chi connectivity index (χ3n) is 3.54. The number of aryl methyl sites for hydroxylation is 1. The second kappa shape index (κ2) is 6.80. The Bertz CT molecular complexity index is 548. The number of carbonyl (C=O) groups excluding carboxylic acids is 2. The normalized spacial score (nSPS) is 15.6. The van der Waals surface area contributed by atoms with Crippen molar-refractivity contribution in [2.45, 2.75) is 13.8 Å². The van der Waals surface area contributed by atoms with Crippen molar-refractivity contribution in [2.75, 3.05) is 32.8 Å². The van der Waals surface area contributed by atoms with Crippen LogP contribution in [0.4, 0.5) is 0 Å². The molecule has 2 amide bonds. The summed E-state index contributed by atoms with van der Waals surface area (Å²) in [7, 11) is 0. The third-order valence-corrected chi connectivity index (χ3v) is 3.96. The molecule has 0 aromatic heterocycles. The predicted molar refractivity (Wildman–Crippen MR) is 80.5 cm³/mol. The minimum absolute atomic E-state index is 0.353. The molecule has 114 valence electrons. The van der Waals surface area contributed by atoms with Crippen LogP contribution < -0.4 is 4.74 Å². The Morgan fingerprint density at radius 1 is 1.19 bits per heavy atom. The lowest BCUT2D eigenvalue weighted by molar-refractivity contribution is -0.156. The Hall–Kier alpha value is -1.75. The first-order valence-corrected chi connectivity index (χ1v) is 7.38. The van der Waals surface area contributed by atoms with Gasteiger partial charge in [0.15, 0.2) is 0 Å². The summed E-state index contributed by atoms with van der Waals surface area (Å²) in [6, 6.07) is 5.42. The standard InChI is InChI=1S/C15H19ClN2O3/c1-3-17-6-7-18(15(20)14(17)19)8-9-21-12-4-5-13(16)11(2)10-12/h4-5,10H,3,6-9H2,1-2H3. The number of piperazine rings is 1. The first-order chi connectivity index (χ1) is 10.0. The zero-order valence-corrected chi connectivity index (χ0v) is 13.0. The average molecular weight is 311 g/mol. The molecule has 1 heterocycles. The molecule has 1 saturated heterocycles. The van der Waals surface area contributed by atoms with E-state index in [1.807, 2.05) is 19.9 Å². The van der Waals surface area contributed by atoms with Crippen molar-refractivity contribution >= 4 is 23.4 Å². The Morgan fingerprint density at radius 3 is 2.52 bits per heavy atom. The molecule has 1 aromatic rings. The number of amides is 2. The van der Waals surface area contributed by atoms with Crippen molar-refractivity contribution in [3.05, 3.63) is 28.8 Å². The van der Waals surface area contributed by atoms with Crippen molar-refractivity contribution in [3.63, 3.8) is 0 Å². The molecule has 0 N–H and O–H groups in total. The number of benzene rings is 1. The third kappa shape index (κ3) is 3.67. The van der Waals surface area contributed by atoms with E-state index in [1.165, 1.54) is 4.90 Å². The van der Waals surface area contributed by atoms with Crippen LogP contribution in [-0.4, -0.2) is 54.4 Å². The zero-order chi connectivity index (χ0) is 15.4. The fourth-order valence-corrected chi connectivity index (χ4v) is 2.33. The number of hydrogen-bond donors (Lipinski definition) is 0. The van der Waals surface area contributed by atoms with Gasteiger partial charge in [0.1, 0.15) is 12.4 Å². The van der Waals surface area contributed by atoms with Gasteiger partial charge >= 0.3 is 11.8 Å². The molecule has 0 bridgehead atoms. The number of hydrogen-bond acceptors (Lipinski definition) is 3. The summed E-state index contributed by atoms with van der Waals surface area (Å²) in [6.07, 6.45) is 0. The summed E-state index contributed by atoms with van der Waals surface area (Å²) in [6.45, 7) is 6.24. The highest BCUT2D eigenvalue weighted by Crippen LogP contribution is 2.21. The van der Waals surface area contributed by atoms with Gasteiger partial charge in [0, 0.05) is 24.7 Å². The van der Waals surface area contributed by atoms with E-state index in [0.717, 1.165) is 5.56 Å². The highest BCUT2D eigenvalue weighted by atomic mass is 35.5. The summed E-state index contributed by atoms with van der Waals surface area (Å²) < 4.78 is 5.60. The van der Waals surface area contributed by atoms with Gasteiger partial charge in [0.25, 0.3) is 0 Å². The molecule has 2 rings (SSSR count). The molecule has 0 aliphatic carbocycles. The van der Waals surface area contributed by atoms with Gasteiger partial charge in [-0.2, -0.15) is 0 Å². The largest absolute Gasteiger partial charge is 0.492 e. The van der Waals surface area contributed by atoms with Crippen LogP contribution in [0.5, 0.6) is 5.75 Å². The number of ether oxygens (including phenoxy) is 1. The van der Waals surface area contributed by atoms with E-state index in [-0.39, 0.29) is 0 Å². The van der Waals surface area contributed by atoms with Crippen molar-refractivity contribution in [1.82, 2.24) is 9.80 Å². The van der Waals surface area contributed by atoms with Crippen molar-refractivity contribution < 1.29 is 14.3 Å². The van der Waals surface area contributed by atoms with E-state index in [1.54, 1.807) is 17.0 Å². The van der Waals surface area contributed by atoms with E-state index in [4.69, 9.17) is 16.3 Å². The zero-order valence-electron chi connectivity index (χ0n) is 12.3. The van der Waals surface area contributed by atoms with E-state index in [2.05, 4.69) is 0 Å².